The topological polar surface area (TPSA) is 66.4 Å². The molecule has 19 heavy (non-hydrogen) atoms. The number of aliphatic carboxylic acids is 1. The van der Waals surface area contributed by atoms with Crippen molar-refractivity contribution in [2.24, 2.45) is 0 Å². The summed E-state index contributed by atoms with van der Waals surface area (Å²) < 4.78 is 0.849. The summed E-state index contributed by atoms with van der Waals surface area (Å²) in [5.41, 5.74) is 0.295. The predicted octanol–water partition coefficient (Wildman–Crippen LogP) is 2.97. The van der Waals surface area contributed by atoms with Gasteiger partial charge in [0.15, 0.2) is 0 Å². The SMILES string of the molecule is CCCC(C)(NC(=O)c1cccc(C)c1I)C(=O)O. The van der Waals surface area contributed by atoms with Crippen molar-refractivity contribution in [2.45, 2.75) is 39.2 Å². The molecule has 1 atom stereocenters. The highest BCUT2D eigenvalue weighted by molar-refractivity contribution is 14.1. The predicted molar refractivity (Wildman–Crippen MR) is 82.3 cm³/mol. The maximum absolute atomic E-state index is 12.2. The van der Waals surface area contributed by atoms with E-state index in [0.717, 1.165) is 9.13 Å². The first kappa shape index (κ1) is 15.9. The molecule has 0 spiro atoms. The van der Waals surface area contributed by atoms with E-state index in [2.05, 4.69) is 27.9 Å². The van der Waals surface area contributed by atoms with Crippen molar-refractivity contribution < 1.29 is 14.7 Å². The van der Waals surface area contributed by atoms with Gasteiger partial charge in [0.25, 0.3) is 5.91 Å². The average Bonchev–Trinajstić information content (AvgIpc) is 2.32. The van der Waals surface area contributed by atoms with E-state index in [9.17, 15) is 14.7 Å². The van der Waals surface area contributed by atoms with Gasteiger partial charge in [-0.15, -0.1) is 0 Å². The van der Waals surface area contributed by atoms with Gasteiger partial charge in [-0.05, 0) is 54.5 Å². The van der Waals surface area contributed by atoms with Crippen LogP contribution in [0.3, 0.4) is 0 Å². The van der Waals surface area contributed by atoms with Gasteiger partial charge in [-0.25, -0.2) is 4.79 Å². The Morgan fingerprint density at radius 2 is 2.05 bits per heavy atom. The molecule has 1 aromatic carbocycles. The highest BCUT2D eigenvalue weighted by atomic mass is 127. The number of rotatable bonds is 5. The molecule has 1 aromatic rings. The first-order chi connectivity index (χ1) is 8.81. The molecule has 0 aliphatic carbocycles. The van der Waals surface area contributed by atoms with Crippen LogP contribution in [0.25, 0.3) is 0 Å². The van der Waals surface area contributed by atoms with Gasteiger partial charge in [0.05, 0.1) is 5.56 Å². The summed E-state index contributed by atoms with van der Waals surface area (Å²) in [6, 6.07) is 5.42. The summed E-state index contributed by atoms with van der Waals surface area (Å²) in [4.78, 5) is 23.5. The Morgan fingerprint density at radius 1 is 1.42 bits per heavy atom. The van der Waals surface area contributed by atoms with Crippen molar-refractivity contribution in [3.63, 3.8) is 0 Å². The van der Waals surface area contributed by atoms with Crippen LogP contribution < -0.4 is 5.32 Å². The summed E-state index contributed by atoms with van der Waals surface area (Å²) in [5.74, 6) is -1.35. The van der Waals surface area contributed by atoms with Gasteiger partial charge < -0.3 is 10.4 Å². The number of carbonyl (C=O) groups excluding carboxylic acids is 1. The molecular weight excluding hydrogens is 357 g/mol. The van der Waals surface area contributed by atoms with Gasteiger partial charge in [-0.3, -0.25) is 4.79 Å². The Hall–Kier alpha value is -1.11. The molecule has 0 saturated heterocycles. The second-order valence-electron chi connectivity index (χ2n) is 4.78. The fourth-order valence-corrected chi connectivity index (χ4v) is 2.47. The molecule has 2 N–H and O–H groups in total. The van der Waals surface area contributed by atoms with Crippen molar-refractivity contribution in [3.8, 4) is 0 Å². The summed E-state index contributed by atoms with van der Waals surface area (Å²) in [6.45, 7) is 5.35. The average molecular weight is 375 g/mol. The van der Waals surface area contributed by atoms with Gasteiger partial charge in [0.1, 0.15) is 5.54 Å². The zero-order valence-electron chi connectivity index (χ0n) is 11.3. The molecule has 1 amide bonds. The molecule has 0 fully saturated rings. The van der Waals surface area contributed by atoms with Gasteiger partial charge >= 0.3 is 5.97 Å². The second kappa shape index (κ2) is 6.36. The van der Waals surface area contributed by atoms with E-state index in [0.29, 0.717) is 18.4 Å². The zero-order valence-corrected chi connectivity index (χ0v) is 13.4. The molecule has 0 aromatic heterocycles. The lowest BCUT2D eigenvalue weighted by molar-refractivity contribution is -0.144. The number of hydrogen-bond acceptors (Lipinski definition) is 2. The quantitative estimate of drug-likeness (QED) is 0.778. The molecule has 1 unspecified atom stereocenters. The molecule has 0 radical (unpaired) electrons. The van der Waals surface area contributed by atoms with E-state index in [1.54, 1.807) is 19.1 Å². The van der Waals surface area contributed by atoms with Crippen LogP contribution in [-0.2, 0) is 4.79 Å². The highest BCUT2D eigenvalue weighted by Gasteiger charge is 2.34. The van der Waals surface area contributed by atoms with Crippen LogP contribution in [0, 0.1) is 10.5 Å². The van der Waals surface area contributed by atoms with Gasteiger partial charge in [0.2, 0.25) is 0 Å². The van der Waals surface area contributed by atoms with Gasteiger partial charge in [-0.2, -0.15) is 0 Å². The van der Waals surface area contributed by atoms with E-state index < -0.39 is 11.5 Å². The van der Waals surface area contributed by atoms with Crippen molar-refractivity contribution in [3.05, 3.63) is 32.9 Å². The van der Waals surface area contributed by atoms with Crippen LogP contribution in [0.15, 0.2) is 18.2 Å². The fraction of sp³-hybridized carbons (Fsp3) is 0.429. The number of carboxylic acid groups (broad SMARTS) is 1. The van der Waals surface area contributed by atoms with Crippen molar-refractivity contribution in [1.29, 1.82) is 0 Å². The van der Waals surface area contributed by atoms with Crippen molar-refractivity contribution >= 4 is 34.5 Å². The van der Waals surface area contributed by atoms with Crippen LogP contribution in [0.1, 0.15) is 42.6 Å². The molecule has 1 rings (SSSR count). The molecular formula is C14H18INO3. The number of nitrogens with one attached hydrogen (secondary N) is 1. The lowest BCUT2D eigenvalue weighted by atomic mass is 9.95. The van der Waals surface area contributed by atoms with Gasteiger partial charge in [0, 0.05) is 3.57 Å². The van der Waals surface area contributed by atoms with Crippen LogP contribution in [-0.4, -0.2) is 22.5 Å². The molecule has 0 bridgehead atoms. The Balaban J connectivity index is 3.01. The van der Waals surface area contributed by atoms with Crippen molar-refractivity contribution in [2.75, 3.05) is 0 Å². The third kappa shape index (κ3) is 3.68. The minimum Gasteiger partial charge on any atom is -0.480 e. The summed E-state index contributed by atoms with van der Waals surface area (Å²) in [6.07, 6.45) is 1.09. The largest absolute Gasteiger partial charge is 0.480 e. The number of hydrogen-bond donors (Lipinski definition) is 2. The lowest BCUT2D eigenvalue weighted by Crippen LogP contribution is -2.52. The van der Waals surface area contributed by atoms with Crippen molar-refractivity contribution in [1.82, 2.24) is 5.32 Å². The number of aryl methyl sites for hydroxylation is 1. The minimum atomic E-state index is -1.22. The maximum atomic E-state index is 12.2. The minimum absolute atomic E-state index is 0.341. The van der Waals surface area contributed by atoms with Crippen LogP contribution in [0.2, 0.25) is 0 Å². The number of carboxylic acids is 1. The maximum Gasteiger partial charge on any atom is 0.329 e. The second-order valence-corrected chi connectivity index (χ2v) is 5.86. The Morgan fingerprint density at radius 3 is 2.58 bits per heavy atom. The number of benzene rings is 1. The molecule has 104 valence electrons. The lowest BCUT2D eigenvalue weighted by Gasteiger charge is -2.26. The smallest absolute Gasteiger partial charge is 0.329 e. The standard InChI is InChI=1S/C14H18INO3/c1-4-8-14(3,13(18)19)16-12(17)10-7-5-6-9(2)11(10)15/h5-7H,4,8H2,1-3H3,(H,16,17)(H,18,19). The van der Waals surface area contributed by atoms with Crippen LogP contribution in [0.5, 0.6) is 0 Å². The molecule has 4 nitrogen and oxygen atoms in total. The van der Waals surface area contributed by atoms with E-state index in [1.165, 1.54) is 0 Å². The van der Waals surface area contributed by atoms with Crippen LogP contribution >= 0.6 is 22.6 Å². The number of halogens is 1. The Bertz CT molecular complexity index is 501. The molecule has 0 saturated carbocycles. The first-order valence-corrected chi connectivity index (χ1v) is 7.20. The van der Waals surface area contributed by atoms with Crippen LogP contribution in [0.4, 0.5) is 0 Å². The fourth-order valence-electron chi connectivity index (χ4n) is 1.86. The molecule has 0 aliphatic heterocycles. The van der Waals surface area contributed by atoms with E-state index in [4.69, 9.17) is 0 Å². The number of amides is 1. The van der Waals surface area contributed by atoms with E-state index in [1.807, 2.05) is 19.9 Å². The Kier molecular flexibility index (Phi) is 5.34. The number of carbonyl (C=O) groups is 2. The van der Waals surface area contributed by atoms with Gasteiger partial charge in [-0.1, -0.05) is 25.5 Å². The Labute approximate surface area is 126 Å². The van der Waals surface area contributed by atoms with E-state index >= 15 is 0 Å². The molecule has 5 heteroatoms. The summed E-state index contributed by atoms with van der Waals surface area (Å²) in [5, 5.41) is 11.9. The molecule has 0 aliphatic rings. The molecule has 0 heterocycles. The third-order valence-corrected chi connectivity index (χ3v) is 4.48. The normalized spacial score (nSPS) is 13.7. The first-order valence-electron chi connectivity index (χ1n) is 6.13. The monoisotopic (exact) mass is 375 g/mol. The summed E-state index contributed by atoms with van der Waals surface area (Å²) >= 11 is 2.10. The zero-order chi connectivity index (χ0) is 14.6. The third-order valence-electron chi connectivity index (χ3n) is 3.05. The highest BCUT2D eigenvalue weighted by Crippen LogP contribution is 2.19. The summed E-state index contributed by atoms with van der Waals surface area (Å²) in [7, 11) is 0. The van der Waals surface area contributed by atoms with E-state index in [-0.39, 0.29) is 5.91 Å².